The van der Waals surface area contributed by atoms with Crippen LogP contribution in [-0.2, 0) is 19.5 Å². The summed E-state index contributed by atoms with van der Waals surface area (Å²) in [4.78, 5) is 5.74. The first-order valence-electron chi connectivity index (χ1n) is 7.20. The van der Waals surface area contributed by atoms with Gasteiger partial charge in [0.15, 0.2) is 0 Å². The monoisotopic (exact) mass is 287 g/mol. The van der Waals surface area contributed by atoms with Crippen LogP contribution in [0.15, 0.2) is 24.4 Å². The summed E-state index contributed by atoms with van der Waals surface area (Å²) in [7, 11) is 0. The van der Waals surface area contributed by atoms with Crippen molar-refractivity contribution in [3.8, 4) is 0 Å². The Hall–Kier alpha value is -1.23. The van der Waals surface area contributed by atoms with Crippen molar-refractivity contribution in [3.63, 3.8) is 0 Å². The molecule has 0 radical (unpaired) electrons. The van der Waals surface area contributed by atoms with Gasteiger partial charge in [-0.15, -0.1) is 11.3 Å². The van der Waals surface area contributed by atoms with Crippen LogP contribution in [0.1, 0.15) is 39.5 Å². The van der Waals surface area contributed by atoms with E-state index in [1.54, 1.807) is 11.3 Å². The average Bonchev–Trinajstić information content (AvgIpc) is 2.91. The quantitative estimate of drug-likeness (QED) is 0.908. The molecule has 0 saturated carbocycles. The molecule has 0 aliphatic carbocycles. The molecule has 1 aromatic heterocycles. The molecule has 20 heavy (non-hydrogen) atoms. The van der Waals surface area contributed by atoms with Gasteiger partial charge in [0.2, 0.25) is 0 Å². The fourth-order valence-electron chi connectivity index (χ4n) is 2.70. The summed E-state index contributed by atoms with van der Waals surface area (Å²) in [5.74, 6) is 0. The molecule has 1 aliphatic rings. The number of nitrogens with one attached hydrogen (secondary N) is 2. The molecular weight excluding hydrogens is 266 g/mol. The third-order valence-corrected chi connectivity index (χ3v) is 4.94. The van der Waals surface area contributed by atoms with E-state index in [4.69, 9.17) is 0 Å². The van der Waals surface area contributed by atoms with Gasteiger partial charge < -0.3 is 10.6 Å². The second-order valence-corrected chi connectivity index (χ2v) is 6.66. The van der Waals surface area contributed by atoms with Gasteiger partial charge in [0.25, 0.3) is 0 Å². The predicted octanol–water partition coefficient (Wildman–Crippen LogP) is 2.95. The number of thiazole rings is 1. The molecule has 1 atom stereocenters. The molecule has 1 aliphatic heterocycles. The van der Waals surface area contributed by atoms with E-state index in [-0.39, 0.29) is 0 Å². The van der Waals surface area contributed by atoms with E-state index in [9.17, 15) is 0 Å². The molecule has 3 rings (SSSR count). The lowest BCUT2D eigenvalue weighted by atomic mass is 9.95. The number of benzene rings is 1. The van der Waals surface area contributed by atoms with Crippen LogP contribution in [0, 0.1) is 6.92 Å². The van der Waals surface area contributed by atoms with Crippen molar-refractivity contribution in [2.24, 2.45) is 0 Å². The standard InChI is InChI=1S/C16H21N3S/c1-11-8-19-16(20-11)12(2)18-10-14-5-3-4-13-9-17-7-6-15(13)14/h3-5,8,12,17-18H,6-7,9-10H2,1-2H3. The lowest BCUT2D eigenvalue weighted by Crippen LogP contribution is -2.26. The van der Waals surface area contributed by atoms with Gasteiger partial charge in [-0.25, -0.2) is 4.98 Å². The molecule has 0 saturated heterocycles. The smallest absolute Gasteiger partial charge is 0.109 e. The fraction of sp³-hybridized carbons (Fsp3) is 0.438. The molecule has 3 nitrogen and oxygen atoms in total. The van der Waals surface area contributed by atoms with Crippen LogP contribution in [0.5, 0.6) is 0 Å². The molecule has 4 heteroatoms. The second kappa shape index (κ2) is 6.04. The van der Waals surface area contributed by atoms with Crippen molar-refractivity contribution in [3.05, 3.63) is 51.0 Å². The van der Waals surface area contributed by atoms with Crippen molar-refractivity contribution in [2.45, 2.75) is 39.4 Å². The van der Waals surface area contributed by atoms with Crippen LogP contribution in [0.2, 0.25) is 0 Å². The van der Waals surface area contributed by atoms with Crippen molar-refractivity contribution in [1.82, 2.24) is 15.6 Å². The molecule has 0 bridgehead atoms. The summed E-state index contributed by atoms with van der Waals surface area (Å²) in [6.45, 7) is 7.31. The van der Waals surface area contributed by atoms with Crippen LogP contribution in [0.3, 0.4) is 0 Å². The molecule has 1 unspecified atom stereocenters. The number of hydrogen-bond donors (Lipinski definition) is 2. The minimum Gasteiger partial charge on any atom is -0.312 e. The van der Waals surface area contributed by atoms with Crippen molar-refractivity contribution in [2.75, 3.05) is 6.54 Å². The summed E-state index contributed by atoms with van der Waals surface area (Å²) in [5, 5.41) is 8.21. The maximum atomic E-state index is 4.46. The zero-order chi connectivity index (χ0) is 13.9. The lowest BCUT2D eigenvalue weighted by molar-refractivity contribution is 0.563. The van der Waals surface area contributed by atoms with Gasteiger partial charge in [0.1, 0.15) is 5.01 Å². The predicted molar refractivity (Wildman–Crippen MR) is 84.0 cm³/mol. The Morgan fingerprint density at radius 1 is 1.45 bits per heavy atom. The highest BCUT2D eigenvalue weighted by atomic mass is 32.1. The first kappa shape index (κ1) is 13.7. The number of rotatable bonds is 4. The Kier molecular flexibility index (Phi) is 4.15. The Balaban J connectivity index is 1.69. The van der Waals surface area contributed by atoms with Gasteiger partial charge in [-0.3, -0.25) is 0 Å². The molecule has 2 N–H and O–H groups in total. The first-order chi connectivity index (χ1) is 9.74. The summed E-state index contributed by atoms with van der Waals surface area (Å²) in [6, 6.07) is 6.96. The zero-order valence-corrected chi connectivity index (χ0v) is 12.9. The van der Waals surface area contributed by atoms with E-state index in [0.29, 0.717) is 6.04 Å². The topological polar surface area (TPSA) is 37.0 Å². The van der Waals surface area contributed by atoms with E-state index in [0.717, 1.165) is 26.1 Å². The highest BCUT2D eigenvalue weighted by Gasteiger charge is 2.14. The van der Waals surface area contributed by atoms with Gasteiger partial charge in [-0.05, 0) is 43.5 Å². The van der Waals surface area contributed by atoms with Gasteiger partial charge in [0, 0.05) is 24.2 Å². The van der Waals surface area contributed by atoms with E-state index in [2.05, 4.69) is 47.7 Å². The van der Waals surface area contributed by atoms with Gasteiger partial charge in [-0.1, -0.05) is 18.2 Å². The number of hydrogen-bond acceptors (Lipinski definition) is 4. The molecule has 106 valence electrons. The molecule has 0 fully saturated rings. The molecular formula is C16H21N3S. The normalized spacial score (nSPS) is 15.9. The largest absolute Gasteiger partial charge is 0.312 e. The third kappa shape index (κ3) is 2.92. The molecule has 2 aromatic rings. The Bertz CT molecular complexity index is 591. The first-order valence-corrected chi connectivity index (χ1v) is 8.02. The third-order valence-electron chi connectivity index (χ3n) is 3.85. The second-order valence-electron chi connectivity index (χ2n) is 5.39. The highest BCUT2D eigenvalue weighted by molar-refractivity contribution is 7.11. The highest BCUT2D eigenvalue weighted by Crippen LogP contribution is 2.22. The Morgan fingerprint density at radius 3 is 3.15 bits per heavy atom. The van der Waals surface area contributed by atoms with Crippen LogP contribution in [0.25, 0.3) is 0 Å². The number of nitrogens with zero attached hydrogens (tertiary/aromatic N) is 1. The Morgan fingerprint density at radius 2 is 2.35 bits per heavy atom. The van der Waals surface area contributed by atoms with Crippen molar-refractivity contribution < 1.29 is 0 Å². The van der Waals surface area contributed by atoms with Crippen LogP contribution >= 0.6 is 11.3 Å². The van der Waals surface area contributed by atoms with E-state index < -0.39 is 0 Å². The summed E-state index contributed by atoms with van der Waals surface area (Å²) in [6.07, 6.45) is 3.09. The van der Waals surface area contributed by atoms with E-state index >= 15 is 0 Å². The maximum absolute atomic E-state index is 4.46. The van der Waals surface area contributed by atoms with Gasteiger partial charge >= 0.3 is 0 Å². The average molecular weight is 287 g/mol. The van der Waals surface area contributed by atoms with Crippen LogP contribution < -0.4 is 10.6 Å². The Labute approximate surface area is 124 Å². The molecule has 0 spiro atoms. The minimum absolute atomic E-state index is 0.311. The van der Waals surface area contributed by atoms with Gasteiger partial charge in [-0.2, -0.15) is 0 Å². The number of fused-ring (bicyclic) bond motifs is 1. The SMILES string of the molecule is Cc1cnc(C(C)NCc2cccc3c2CCNC3)s1. The fourth-order valence-corrected chi connectivity index (χ4v) is 3.50. The molecule has 0 amide bonds. The summed E-state index contributed by atoms with van der Waals surface area (Å²) < 4.78 is 0. The van der Waals surface area contributed by atoms with Crippen LogP contribution in [-0.4, -0.2) is 11.5 Å². The van der Waals surface area contributed by atoms with Gasteiger partial charge in [0.05, 0.1) is 6.04 Å². The van der Waals surface area contributed by atoms with E-state index in [1.165, 1.54) is 26.6 Å². The molecule has 1 aromatic carbocycles. The van der Waals surface area contributed by atoms with Crippen molar-refractivity contribution >= 4 is 11.3 Å². The maximum Gasteiger partial charge on any atom is 0.109 e. The van der Waals surface area contributed by atoms with E-state index in [1.807, 2.05) is 6.20 Å². The van der Waals surface area contributed by atoms with Crippen molar-refractivity contribution in [1.29, 1.82) is 0 Å². The lowest BCUT2D eigenvalue weighted by Gasteiger charge is -2.21. The summed E-state index contributed by atoms with van der Waals surface area (Å²) in [5.41, 5.74) is 4.42. The zero-order valence-electron chi connectivity index (χ0n) is 12.1. The number of aryl methyl sites for hydroxylation is 1. The minimum atomic E-state index is 0.311. The molecule has 2 heterocycles. The number of aromatic nitrogens is 1. The van der Waals surface area contributed by atoms with Crippen LogP contribution in [0.4, 0.5) is 0 Å². The summed E-state index contributed by atoms with van der Waals surface area (Å²) >= 11 is 1.78.